The van der Waals surface area contributed by atoms with Crippen molar-refractivity contribution in [1.29, 1.82) is 0 Å². The van der Waals surface area contributed by atoms with Crippen molar-refractivity contribution >= 4 is 0 Å². The van der Waals surface area contributed by atoms with Crippen molar-refractivity contribution in [2.24, 2.45) is 0 Å². The molecule has 2 aromatic heterocycles. The average Bonchev–Trinajstić information content (AvgIpc) is 2.94. The van der Waals surface area contributed by atoms with E-state index in [9.17, 15) is 0 Å². The van der Waals surface area contributed by atoms with Gasteiger partial charge >= 0.3 is 0 Å². The maximum atomic E-state index is 5.59. The second-order valence-corrected chi connectivity index (χ2v) is 4.22. The zero-order chi connectivity index (χ0) is 12.3. The summed E-state index contributed by atoms with van der Waals surface area (Å²) in [5, 5.41) is 3.43. The highest BCUT2D eigenvalue weighted by atomic mass is 16.3. The predicted octanol–water partition coefficient (Wildman–Crippen LogP) is 2.66. The van der Waals surface area contributed by atoms with Gasteiger partial charge in [-0.1, -0.05) is 0 Å². The molecule has 1 N–H and O–H groups in total. The highest BCUT2D eigenvalue weighted by molar-refractivity contribution is 5.09. The van der Waals surface area contributed by atoms with Gasteiger partial charge in [0, 0.05) is 19.3 Å². The van der Waals surface area contributed by atoms with E-state index in [0.29, 0.717) is 0 Å². The van der Waals surface area contributed by atoms with Crippen LogP contribution in [0.2, 0.25) is 0 Å². The van der Waals surface area contributed by atoms with E-state index in [1.807, 2.05) is 31.6 Å². The summed E-state index contributed by atoms with van der Waals surface area (Å²) in [6.45, 7) is 7.93. The monoisotopic (exact) mass is 233 g/mol. The molecule has 4 heteroatoms. The van der Waals surface area contributed by atoms with Crippen molar-refractivity contribution in [3.05, 3.63) is 41.9 Å². The van der Waals surface area contributed by atoms with Crippen LogP contribution in [0, 0.1) is 6.92 Å². The molecule has 0 aliphatic heterocycles. The molecule has 92 valence electrons. The van der Waals surface area contributed by atoms with Crippen LogP contribution in [0.5, 0.6) is 0 Å². The molecule has 0 spiro atoms. The van der Waals surface area contributed by atoms with Crippen LogP contribution >= 0.6 is 0 Å². The molecule has 2 aromatic rings. The predicted molar refractivity (Wildman–Crippen MR) is 66.6 cm³/mol. The third-order valence-electron chi connectivity index (χ3n) is 2.92. The molecular formula is C13H19N3O. The fraction of sp³-hybridized carbons (Fsp3) is 0.462. The molecule has 0 saturated heterocycles. The second kappa shape index (κ2) is 5.19. The molecule has 0 amide bonds. The van der Waals surface area contributed by atoms with Gasteiger partial charge in [-0.25, -0.2) is 4.98 Å². The van der Waals surface area contributed by atoms with Crippen LogP contribution in [-0.2, 0) is 13.1 Å². The molecule has 2 rings (SSSR count). The summed E-state index contributed by atoms with van der Waals surface area (Å²) in [6, 6.07) is 4.22. The summed E-state index contributed by atoms with van der Waals surface area (Å²) >= 11 is 0. The first-order chi connectivity index (χ1) is 8.20. The Hall–Kier alpha value is -1.55. The fourth-order valence-corrected chi connectivity index (χ4v) is 1.82. The zero-order valence-corrected chi connectivity index (χ0v) is 10.6. The minimum atomic E-state index is 0.212. The maximum Gasteiger partial charge on any atom is 0.120 e. The molecule has 0 aliphatic carbocycles. The smallest absolute Gasteiger partial charge is 0.120 e. The van der Waals surface area contributed by atoms with E-state index in [1.165, 1.54) is 5.69 Å². The van der Waals surface area contributed by atoms with Crippen molar-refractivity contribution in [3.8, 4) is 0 Å². The first-order valence-electron chi connectivity index (χ1n) is 5.99. The van der Waals surface area contributed by atoms with E-state index in [0.717, 1.165) is 24.6 Å². The van der Waals surface area contributed by atoms with Crippen LogP contribution in [0.3, 0.4) is 0 Å². The Morgan fingerprint density at radius 3 is 2.94 bits per heavy atom. The lowest BCUT2D eigenvalue weighted by Crippen LogP contribution is -2.19. The normalized spacial score (nSPS) is 12.9. The van der Waals surface area contributed by atoms with E-state index < -0.39 is 0 Å². The molecule has 0 aromatic carbocycles. The average molecular weight is 233 g/mol. The van der Waals surface area contributed by atoms with Crippen molar-refractivity contribution in [3.63, 3.8) is 0 Å². The molecule has 0 fully saturated rings. The lowest BCUT2D eigenvalue weighted by atomic mass is 10.2. The molecule has 0 bridgehead atoms. The van der Waals surface area contributed by atoms with Gasteiger partial charge in [0.15, 0.2) is 0 Å². The number of hydrogen-bond acceptors (Lipinski definition) is 3. The highest BCUT2D eigenvalue weighted by Gasteiger charge is 2.09. The summed E-state index contributed by atoms with van der Waals surface area (Å²) in [5.41, 5.74) is 1.20. The molecule has 17 heavy (non-hydrogen) atoms. The van der Waals surface area contributed by atoms with Crippen molar-refractivity contribution in [1.82, 2.24) is 14.9 Å². The number of aryl methyl sites for hydroxylation is 2. The first-order valence-corrected chi connectivity index (χ1v) is 5.99. The fourth-order valence-electron chi connectivity index (χ4n) is 1.82. The number of nitrogens with zero attached hydrogens (tertiary/aromatic N) is 2. The molecule has 0 radical (unpaired) electrons. The maximum absolute atomic E-state index is 5.59. The van der Waals surface area contributed by atoms with Gasteiger partial charge in [0.2, 0.25) is 0 Å². The van der Waals surface area contributed by atoms with E-state index in [4.69, 9.17) is 4.42 Å². The summed E-state index contributed by atoms with van der Waals surface area (Å²) in [5.74, 6) is 1.93. The Balaban J connectivity index is 1.94. The molecule has 0 saturated carbocycles. The van der Waals surface area contributed by atoms with Gasteiger partial charge in [0.1, 0.15) is 11.5 Å². The van der Waals surface area contributed by atoms with E-state index >= 15 is 0 Å². The van der Waals surface area contributed by atoms with Crippen molar-refractivity contribution in [2.75, 3.05) is 0 Å². The van der Waals surface area contributed by atoms with Crippen LogP contribution in [0.4, 0.5) is 0 Å². The lowest BCUT2D eigenvalue weighted by Gasteiger charge is -2.12. The highest BCUT2D eigenvalue weighted by Crippen LogP contribution is 2.16. The number of aromatic nitrogens is 2. The van der Waals surface area contributed by atoms with Gasteiger partial charge in [-0.05, 0) is 32.9 Å². The quantitative estimate of drug-likeness (QED) is 0.863. The largest absolute Gasteiger partial charge is 0.465 e. The molecule has 1 unspecified atom stereocenters. The molecule has 0 aliphatic rings. The number of furan rings is 1. The van der Waals surface area contributed by atoms with Crippen LogP contribution in [0.15, 0.2) is 29.1 Å². The van der Waals surface area contributed by atoms with E-state index in [-0.39, 0.29) is 6.04 Å². The van der Waals surface area contributed by atoms with Gasteiger partial charge in [-0.15, -0.1) is 0 Å². The van der Waals surface area contributed by atoms with Gasteiger partial charge in [0.05, 0.1) is 18.1 Å². The van der Waals surface area contributed by atoms with E-state index in [2.05, 4.69) is 28.7 Å². The summed E-state index contributed by atoms with van der Waals surface area (Å²) in [6.07, 6.45) is 3.76. The number of imidazole rings is 1. The third kappa shape index (κ3) is 2.77. The number of rotatable bonds is 5. The topological polar surface area (TPSA) is 43.0 Å². The lowest BCUT2D eigenvalue weighted by molar-refractivity contribution is 0.412. The number of nitrogens with one attached hydrogen (secondary N) is 1. The Morgan fingerprint density at radius 1 is 1.47 bits per heavy atom. The minimum absolute atomic E-state index is 0.212. The summed E-state index contributed by atoms with van der Waals surface area (Å²) in [7, 11) is 0. The summed E-state index contributed by atoms with van der Waals surface area (Å²) < 4.78 is 7.72. The Kier molecular flexibility index (Phi) is 3.64. The minimum Gasteiger partial charge on any atom is -0.465 e. The first kappa shape index (κ1) is 11.9. The van der Waals surface area contributed by atoms with Gasteiger partial charge < -0.3 is 14.3 Å². The molecule has 4 nitrogen and oxygen atoms in total. The summed E-state index contributed by atoms with van der Waals surface area (Å²) in [4.78, 5) is 4.15. The number of hydrogen-bond donors (Lipinski definition) is 1. The van der Waals surface area contributed by atoms with E-state index in [1.54, 1.807) is 0 Å². The molecule has 2 heterocycles. The second-order valence-electron chi connectivity index (χ2n) is 4.22. The molecular weight excluding hydrogens is 214 g/mol. The Morgan fingerprint density at radius 2 is 2.29 bits per heavy atom. The van der Waals surface area contributed by atoms with Crippen molar-refractivity contribution in [2.45, 2.75) is 39.9 Å². The van der Waals surface area contributed by atoms with Crippen molar-refractivity contribution < 1.29 is 4.42 Å². The van der Waals surface area contributed by atoms with Crippen LogP contribution < -0.4 is 5.32 Å². The molecule has 1 atom stereocenters. The van der Waals surface area contributed by atoms with Gasteiger partial charge in [-0.2, -0.15) is 0 Å². The Bertz CT molecular complexity index is 472. The van der Waals surface area contributed by atoms with Gasteiger partial charge in [-0.3, -0.25) is 0 Å². The zero-order valence-electron chi connectivity index (χ0n) is 10.6. The third-order valence-corrected chi connectivity index (χ3v) is 2.92. The van der Waals surface area contributed by atoms with Crippen LogP contribution in [0.1, 0.15) is 37.1 Å². The van der Waals surface area contributed by atoms with Crippen LogP contribution in [0.25, 0.3) is 0 Å². The van der Waals surface area contributed by atoms with Crippen LogP contribution in [-0.4, -0.2) is 9.55 Å². The standard InChI is InChI=1S/C13H19N3O/c1-4-16-9-14-7-12(16)8-15-11(3)13-6-5-10(2)17-13/h5-7,9,11,15H,4,8H2,1-3H3. The Labute approximate surface area is 102 Å². The SMILES string of the molecule is CCn1cncc1CNC(C)c1ccc(C)o1. The van der Waals surface area contributed by atoms with Gasteiger partial charge in [0.25, 0.3) is 0 Å².